The van der Waals surface area contributed by atoms with Crippen LogP contribution in [0.1, 0.15) is 44.9 Å². The standard InChI is InChI=1S/C14H26N2O/c17-10-13(15-12-3-4-12)7-8-16(14-5-6-14)9-11-1-2-11/h11-15,17H,1-10H2. The quantitative estimate of drug-likeness (QED) is 0.637. The van der Waals surface area contributed by atoms with E-state index in [1.807, 2.05) is 0 Å². The van der Waals surface area contributed by atoms with Crippen LogP contribution in [0.15, 0.2) is 0 Å². The molecule has 3 aliphatic carbocycles. The summed E-state index contributed by atoms with van der Waals surface area (Å²) in [7, 11) is 0. The molecule has 98 valence electrons. The van der Waals surface area contributed by atoms with E-state index in [0.29, 0.717) is 18.7 Å². The van der Waals surface area contributed by atoms with Crippen molar-refractivity contribution in [3.8, 4) is 0 Å². The van der Waals surface area contributed by atoms with Crippen LogP contribution in [-0.2, 0) is 0 Å². The first-order chi connectivity index (χ1) is 8.35. The minimum absolute atomic E-state index is 0.304. The van der Waals surface area contributed by atoms with Crippen LogP contribution in [0.5, 0.6) is 0 Å². The fourth-order valence-electron chi connectivity index (χ4n) is 2.63. The Morgan fingerprint density at radius 2 is 1.88 bits per heavy atom. The maximum absolute atomic E-state index is 9.38. The van der Waals surface area contributed by atoms with Gasteiger partial charge in [0.1, 0.15) is 0 Å². The minimum Gasteiger partial charge on any atom is -0.395 e. The van der Waals surface area contributed by atoms with Gasteiger partial charge in [0.2, 0.25) is 0 Å². The molecule has 1 atom stereocenters. The molecule has 17 heavy (non-hydrogen) atoms. The average molecular weight is 238 g/mol. The Kier molecular flexibility index (Phi) is 3.69. The van der Waals surface area contributed by atoms with Crippen molar-refractivity contribution in [3.05, 3.63) is 0 Å². The molecular weight excluding hydrogens is 212 g/mol. The molecule has 0 aromatic rings. The molecule has 3 saturated carbocycles. The lowest BCUT2D eigenvalue weighted by Gasteiger charge is -2.25. The molecule has 0 aliphatic heterocycles. The van der Waals surface area contributed by atoms with Crippen LogP contribution in [0, 0.1) is 5.92 Å². The zero-order valence-electron chi connectivity index (χ0n) is 10.8. The molecule has 0 heterocycles. The molecule has 0 aromatic heterocycles. The van der Waals surface area contributed by atoms with Crippen molar-refractivity contribution < 1.29 is 5.11 Å². The second-order valence-electron chi connectivity index (χ2n) is 6.28. The molecular formula is C14H26N2O. The molecule has 0 radical (unpaired) electrons. The van der Waals surface area contributed by atoms with Crippen molar-refractivity contribution in [2.45, 2.75) is 63.1 Å². The van der Waals surface area contributed by atoms with E-state index in [0.717, 1.165) is 18.4 Å². The Bertz CT molecular complexity index is 247. The zero-order chi connectivity index (χ0) is 11.7. The van der Waals surface area contributed by atoms with Crippen LogP contribution in [0.2, 0.25) is 0 Å². The fraction of sp³-hybridized carbons (Fsp3) is 1.00. The van der Waals surface area contributed by atoms with E-state index >= 15 is 0 Å². The SMILES string of the molecule is OCC(CCN(CC1CC1)C1CC1)NC1CC1. The van der Waals surface area contributed by atoms with Crippen molar-refractivity contribution in [2.75, 3.05) is 19.7 Å². The molecule has 1 unspecified atom stereocenters. The van der Waals surface area contributed by atoms with Crippen molar-refractivity contribution in [2.24, 2.45) is 5.92 Å². The molecule has 2 N–H and O–H groups in total. The lowest BCUT2D eigenvalue weighted by Crippen LogP contribution is -2.39. The Morgan fingerprint density at radius 3 is 2.41 bits per heavy atom. The zero-order valence-corrected chi connectivity index (χ0v) is 10.8. The van der Waals surface area contributed by atoms with Crippen molar-refractivity contribution in [1.82, 2.24) is 10.2 Å². The number of nitrogens with zero attached hydrogens (tertiary/aromatic N) is 1. The van der Waals surface area contributed by atoms with Gasteiger partial charge >= 0.3 is 0 Å². The summed E-state index contributed by atoms with van der Waals surface area (Å²) in [6.07, 6.45) is 9.46. The smallest absolute Gasteiger partial charge is 0.0585 e. The van der Waals surface area contributed by atoms with Gasteiger partial charge in [0, 0.05) is 31.2 Å². The number of aliphatic hydroxyl groups is 1. The highest BCUT2D eigenvalue weighted by molar-refractivity contribution is 4.90. The molecule has 0 bridgehead atoms. The average Bonchev–Trinajstić information content (AvgIpc) is 3.12. The van der Waals surface area contributed by atoms with Crippen LogP contribution in [0.25, 0.3) is 0 Å². The molecule has 3 aliphatic rings. The Balaban J connectivity index is 1.39. The van der Waals surface area contributed by atoms with E-state index in [9.17, 15) is 5.11 Å². The van der Waals surface area contributed by atoms with E-state index in [1.54, 1.807) is 0 Å². The molecule has 0 spiro atoms. The predicted octanol–water partition coefficient (Wildman–Crippen LogP) is 1.36. The van der Waals surface area contributed by atoms with Crippen LogP contribution in [-0.4, -0.2) is 47.8 Å². The van der Waals surface area contributed by atoms with Crippen LogP contribution in [0.3, 0.4) is 0 Å². The van der Waals surface area contributed by atoms with Crippen molar-refractivity contribution in [3.63, 3.8) is 0 Å². The molecule has 3 fully saturated rings. The topological polar surface area (TPSA) is 35.5 Å². The number of rotatable bonds is 9. The highest BCUT2D eigenvalue weighted by atomic mass is 16.3. The molecule has 3 nitrogen and oxygen atoms in total. The highest BCUT2D eigenvalue weighted by Crippen LogP contribution is 2.34. The van der Waals surface area contributed by atoms with E-state index in [2.05, 4.69) is 10.2 Å². The number of nitrogens with one attached hydrogen (secondary N) is 1. The third-order valence-corrected chi connectivity index (χ3v) is 4.29. The first-order valence-corrected chi connectivity index (χ1v) is 7.46. The fourth-order valence-corrected chi connectivity index (χ4v) is 2.63. The third-order valence-electron chi connectivity index (χ3n) is 4.29. The van der Waals surface area contributed by atoms with Crippen molar-refractivity contribution in [1.29, 1.82) is 0 Å². The summed E-state index contributed by atoms with van der Waals surface area (Å²) < 4.78 is 0. The number of aliphatic hydroxyl groups excluding tert-OH is 1. The van der Waals surface area contributed by atoms with Crippen LogP contribution >= 0.6 is 0 Å². The number of hydrogen-bond donors (Lipinski definition) is 2. The predicted molar refractivity (Wildman–Crippen MR) is 69.0 cm³/mol. The van der Waals surface area contributed by atoms with E-state index in [1.165, 1.54) is 51.6 Å². The molecule has 0 aromatic carbocycles. The maximum Gasteiger partial charge on any atom is 0.0585 e. The largest absolute Gasteiger partial charge is 0.395 e. The Labute approximate surface area is 105 Å². The summed E-state index contributed by atoms with van der Waals surface area (Å²) in [5.41, 5.74) is 0. The summed E-state index contributed by atoms with van der Waals surface area (Å²) in [4.78, 5) is 2.69. The van der Waals surface area contributed by atoms with Gasteiger partial charge in [0.05, 0.1) is 6.61 Å². The highest BCUT2D eigenvalue weighted by Gasteiger charge is 2.33. The van der Waals surface area contributed by atoms with E-state index in [-0.39, 0.29) is 0 Å². The second-order valence-corrected chi connectivity index (χ2v) is 6.28. The molecule has 3 heteroatoms. The maximum atomic E-state index is 9.38. The van der Waals surface area contributed by atoms with Gasteiger partial charge in [-0.3, -0.25) is 0 Å². The van der Waals surface area contributed by atoms with Gasteiger partial charge in [-0.05, 0) is 50.9 Å². The lowest BCUT2D eigenvalue weighted by molar-refractivity contribution is 0.196. The van der Waals surface area contributed by atoms with Gasteiger partial charge < -0.3 is 15.3 Å². The van der Waals surface area contributed by atoms with Gasteiger partial charge in [0.25, 0.3) is 0 Å². The normalized spacial score (nSPS) is 26.5. The van der Waals surface area contributed by atoms with Gasteiger partial charge in [-0.25, -0.2) is 0 Å². The lowest BCUT2D eigenvalue weighted by atomic mass is 10.2. The van der Waals surface area contributed by atoms with Gasteiger partial charge in [-0.1, -0.05) is 0 Å². The monoisotopic (exact) mass is 238 g/mol. The second kappa shape index (κ2) is 5.25. The van der Waals surface area contributed by atoms with Crippen LogP contribution < -0.4 is 5.32 Å². The summed E-state index contributed by atoms with van der Waals surface area (Å²) in [5, 5.41) is 12.9. The van der Waals surface area contributed by atoms with Crippen molar-refractivity contribution >= 4 is 0 Å². The first kappa shape index (κ1) is 11.9. The molecule has 0 saturated heterocycles. The Hall–Kier alpha value is -0.120. The van der Waals surface area contributed by atoms with Gasteiger partial charge in [-0.15, -0.1) is 0 Å². The first-order valence-electron chi connectivity index (χ1n) is 7.46. The van der Waals surface area contributed by atoms with Gasteiger partial charge in [-0.2, -0.15) is 0 Å². The summed E-state index contributed by atoms with van der Waals surface area (Å²) in [6.45, 7) is 2.82. The molecule has 0 amide bonds. The van der Waals surface area contributed by atoms with E-state index in [4.69, 9.17) is 0 Å². The van der Waals surface area contributed by atoms with E-state index < -0.39 is 0 Å². The minimum atomic E-state index is 0.304. The Morgan fingerprint density at radius 1 is 1.12 bits per heavy atom. The summed E-state index contributed by atoms with van der Waals surface area (Å²) in [6, 6.07) is 1.93. The summed E-state index contributed by atoms with van der Waals surface area (Å²) in [5.74, 6) is 1.000. The van der Waals surface area contributed by atoms with Crippen LogP contribution in [0.4, 0.5) is 0 Å². The third kappa shape index (κ3) is 3.94. The molecule has 3 rings (SSSR count). The number of hydrogen-bond acceptors (Lipinski definition) is 3. The van der Waals surface area contributed by atoms with Gasteiger partial charge in [0.15, 0.2) is 0 Å². The summed E-state index contributed by atoms with van der Waals surface area (Å²) >= 11 is 0.